The summed E-state index contributed by atoms with van der Waals surface area (Å²) in [4.78, 5) is 4.80. The lowest BCUT2D eigenvalue weighted by atomic mass is 10.1. The number of benzene rings is 2. The molecule has 0 amide bonds. The van der Waals surface area contributed by atoms with E-state index in [1.54, 1.807) is 0 Å². The van der Waals surface area contributed by atoms with E-state index in [9.17, 15) is 0 Å². The Kier molecular flexibility index (Phi) is 3.35. The van der Waals surface area contributed by atoms with Gasteiger partial charge in [0, 0.05) is 18.6 Å². The number of hydrogen-bond acceptors (Lipinski definition) is 1. The molecule has 0 saturated heterocycles. The Morgan fingerprint density at radius 3 is 2.55 bits per heavy atom. The lowest BCUT2D eigenvalue weighted by Gasteiger charge is -2.07. The first-order valence-electron chi connectivity index (χ1n) is 7.46. The van der Waals surface area contributed by atoms with E-state index in [4.69, 9.17) is 16.6 Å². The molecule has 4 aromatic rings. The van der Waals surface area contributed by atoms with E-state index >= 15 is 0 Å². The van der Waals surface area contributed by atoms with Crippen molar-refractivity contribution in [3.05, 3.63) is 60.8 Å². The topological polar surface area (TPSA) is 22.2 Å². The Morgan fingerprint density at radius 2 is 1.73 bits per heavy atom. The summed E-state index contributed by atoms with van der Waals surface area (Å²) in [6, 6.07) is 18.7. The van der Waals surface area contributed by atoms with E-state index < -0.39 is 0 Å². The van der Waals surface area contributed by atoms with Crippen LogP contribution in [0.25, 0.3) is 28.1 Å². The first kappa shape index (κ1) is 13.4. The minimum Gasteiger partial charge on any atom is -0.310 e. The number of nitrogens with zero attached hydrogens (tertiary/aromatic N) is 3. The highest BCUT2D eigenvalue weighted by Crippen LogP contribution is 2.26. The molecule has 0 bridgehead atoms. The number of imidazole rings is 2. The fourth-order valence-electron chi connectivity index (χ4n) is 2.93. The van der Waals surface area contributed by atoms with Crippen LogP contribution >= 0.6 is 11.6 Å². The Labute approximate surface area is 133 Å². The molecule has 0 radical (unpaired) electrons. The van der Waals surface area contributed by atoms with Gasteiger partial charge < -0.3 is 4.57 Å². The van der Waals surface area contributed by atoms with Gasteiger partial charge in [0.2, 0.25) is 5.78 Å². The number of rotatable bonds is 4. The van der Waals surface area contributed by atoms with Gasteiger partial charge in [-0.1, -0.05) is 42.5 Å². The Morgan fingerprint density at radius 1 is 0.955 bits per heavy atom. The first-order chi connectivity index (χ1) is 10.9. The smallest absolute Gasteiger partial charge is 0.215 e. The predicted molar refractivity (Wildman–Crippen MR) is 91.5 cm³/mol. The highest BCUT2D eigenvalue weighted by Gasteiger charge is 2.14. The zero-order chi connectivity index (χ0) is 14.9. The average molecular weight is 310 g/mol. The summed E-state index contributed by atoms with van der Waals surface area (Å²) < 4.78 is 4.43. The number of aromatic nitrogens is 3. The van der Waals surface area contributed by atoms with Crippen LogP contribution in [0.15, 0.2) is 60.8 Å². The van der Waals surface area contributed by atoms with Crippen LogP contribution in [0, 0.1) is 0 Å². The van der Waals surface area contributed by atoms with E-state index in [1.165, 1.54) is 11.3 Å². The molecule has 2 aromatic heterocycles. The monoisotopic (exact) mass is 309 g/mol. The van der Waals surface area contributed by atoms with Crippen molar-refractivity contribution in [2.75, 3.05) is 5.88 Å². The van der Waals surface area contributed by atoms with Crippen LogP contribution in [0.2, 0.25) is 0 Å². The SMILES string of the molecule is ClCCCn1c(-c2ccccc2)cn2c3ccccc3nc12. The third-order valence-electron chi connectivity index (χ3n) is 3.95. The summed E-state index contributed by atoms with van der Waals surface area (Å²) in [5.74, 6) is 1.63. The second-order valence-electron chi connectivity index (χ2n) is 5.35. The molecule has 3 nitrogen and oxygen atoms in total. The standard InChI is InChI=1S/C18H16ClN3/c19-11-6-12-21-17(14-7-2-1-3-8-14)13-22-16-10-5-4-9-15(16)20-18(21)22/h1-5,7-10,13H,6,11-12H2. The molecule has 2 aromatic carbocycles. The summed E-state index contributed by atoms with van der Waals surface area (Å²) in [6.07, 6.45) is 3.10. The van der Waals surface area contributed by atoms with Crippen molar-refractivity contribution >= 4 is 28.4 Å². The van der Waals surface area contributed by atoms with Gasteiger partial charge in [-0.2, -0.15) is 0 Å². The third-order valence-corrected chi connectivity index (χ3v) is 4.21. The number of fused-ring (bicyclic) bond motifs is 3. The van der Waals surface area contributed by atoms with Gasteiger partial charge in [0.1, 0.15) is 0 Å². The second kappa shape index (κ2) is 5.50. The number of aryl methyl sites for hydroxylation is 1. The Bertz CT molecular complexity index is 921. The normalized spacial score (nSPS) is 11.5. The maximum Gasteiger partial charge on any atom is 0.215 e. The lowest BCUT2D eigenvalue weighted by molar-refractivity contribution is 0.704. The number of hydrogen-bond donors (Lipinski definition) is 0. The molecule has 0 fully saturated rings. The molecular formula is C18H16ClN3. The zero-order valence-electron chi connectivity index (χ0n) is 12.1. The first-order valence-corrected chi connectivity index (χ1v) is 7.99. The minimum absolute atomic E-state index is 0.652. The number of alkyl halides is 1. The largest absolute Gasteiger partial charge is 0.310 e. The molecule has 0 aliphatic rings. The fraction of sp³-hybridized carbons (Fsp3) is 0.167. The van der Waals surface area contributed by atoms with Gasteiger partial charge in [-0.15, -0.1) is 11.6 Å². The third kappa shape index (κ3) is 2.09. The van der Waals surface area contributed by atoms with Crippen molar-refractivity contribution in [2.45, 2.75) is 13.0 Å². The molecule has 0 aliphatic carbocycles. The molecule has 0 spiro atoms. The van der Waals surface area contributed by atoms with Gasteiger partial charge in [-0.05, 0) is 24.1 Å². The van der Waals surface area contributed by atoms with Crippen LogP contribution in [0.1, 0.15) is 6.42 Å². The molecular weight excluding hydrogens is 294 g/mol. The summed E-state index contributed by atoms with van der Waals surface area (Å²) in [7, 11) is 0. The number of para-hydroxylation sites is 2. The van der Waals surface area contributed by atoms with Crippen LogP contribution in [0.4, 0.5) is 0 Å². The van der Waals surface area contributed by atoms with E-state index in [0.717, 1.165) is 29.8 Å². The van der Waals surface area contributed by atoms with Gasteiger partial charge in [0.25, 0.3) is 0 Å². The molecule has 0 aliphatic heterocycles. The van der Waals surface area contributed by atoms with Crippen molar-refractivity contribution in [1.82, 2.24) is 14.0 Å². The second-order valence-corrected chi connectivity index (χ2v) is 5.72. The molecule has 2 heterocycles. The highest BCUT2D eigenvalue weighted by molar-refractivity contribution is 6.17. The molecule has 22 heavy (non-hydrogen) atoms. The minimum atomic E-state index is 0.652. The zero-order valence-corrected chi connectivity index (χ0v) is 12.9. The lowest BCUT2D eigenvalue weighted by Crippen LogP contribution is -2.01. The van der Waals surface area contributed by atoms with Gasteiger partial charge in [-0.3, -0.25) is 4.40 Å². The van der Waals surface area contributed by atoms with Crippen LogP contribution in [0.5, 0.6) is 0 Å². The van der Waals surface area contributed by atoms with Crippen molar-refractivity contribution in [2.24, 2.45) is 0 Å². The van der Waals surface area contributed by atoms with Crippen molar-refractivity contribution in [3.8, 4) is 11.3 Å². The molecule has 0 N–H and O–H groups in total. The highest BCUT2D eigenvalue weighted by atomic mass is 35.5. The number of halogens is 1. The van der Waals surface area contributed by atoms with Crippen LogP contribution < -0.4 is 0 Å². The summed E-state index contributed by atoms with van der Waals surface area (Å²) in [5, 5.41) is 0. The Balaban J connectivity index is 1.99. The van der Waals surface area contributed by atoms with E-state index in [1.807, 2.05) is 12.1 Å². The molecule has 4 heteroatoms. The van der Waals surface area contributed by atoms with Crippen LogP contribution in [-0.2, 0) is 6.54 Å². The quantitative estimate of drug-likeness (QED) is 0.506. The molecule has 0 unspecified atom stereocenters. The van der Waals surface area contributed by atoms with Gasteiger partial charge in [0.05, 0.1) is 16.7 Å². The van der Waals surface area contributed by atoms with Crippen LogP contribution in [-0.4, -0.2) is 19.8 Å². The molecule has 0 atom stereocenters. The molecule has 4 rings (SSSR count). The van der Waals surface area contributed by atoms with Crippen molar-refractivity contribution < 1.29 is 0 Å². The van der Waals surface area contributed by atoms with E-state index in [-0.39, 0.29) is 0 Å². The molecule has 0 saturated carbocycles. The van der Waals surface area contributed by atoms with Gasteiger partial charge in [0.15, 0.2) is 0 Å². The maximum absolute atomic E-state index is 5.91. The van der Waals surface area contributed by atoms with Crippen LogP contribution in [0.3, 0.4) is 0 Å². The van der Waals surface area contributed by atoms with Crippen molar-refractivity contribution in [1.29, 1.82) is 0 Å². The Hall–Kier alpha value is -2.26. The van der Waals surface area contributed by atoms with E-state index in [0.29, 0.717) is 5.88 Å². The van der Waals surface area contributed by atoms with Gasteiger partial charge in [-0.25, -0.2) is 4.98 Å². The van der Waals surface area contributed by atoms with E-state index in [2.05, 4.69) is 57.6 Å². The fourth-order valence-corrected chi connectivity index (χ4v) is 3.05. The molecule has 110 valence electrons. The van der Waals surface area contributed by atoms with Gasteiger partial charge >= 0.3 is 0 Å². The average Bonchev–Trinajstić information content (AvgIpc) is 3.10. The summed E-state index contributed by atoms with van der Waals surface area (Å²) >= 11 is 5.91. The predicted octanol–water partition coefficient (Wildman–Crippen LogP) is 4.58. The maximum atomic E-state index is 5.91. The summed E-state index contributed by atoms with van der Waals surface area (Å²) in [5.41, 5.74) is 4.54. The summed E-state index contributed by atoms with van der Waals surface area (Å²) in [6.45, 7) is 0.869. The van der Waals surface area contributed by atoms with Crippen molar-refractivity contribution in [3.63, 3.8) is 0 Å².